The van der Waals surface area contributed by atoms with Gasteiger partial charge in [-0.2, -0.15) is 0 Å². The van der Waals surface area contributed by atoms with Gasteiger partial charge in [0.2, 0.25) is 5.91 Å². The Morgan fingerprint density at radius 3 is 2.35 bits per heavy atom. The highest BCUT2D eigenvalue weighted by Gasteiger charge is 2.23. The molecular weight excluding hydrogens is 328 g/mol. The molecule has 1 saturated heterocycles. The second kappa shape index (κ2) is 7.99. The third-order valence-corrected chi connectivity index (χ3v) is 4.68. The van der Waals surface area contributed by atoms with Crippen LogP contribution in [0.25, 0.3) is 0 Å². The fourth-order valence-electron chi connectivity index (χ4n) is 3.10. The molecule has 2 amide bonds. The first-order chi connectivity index (χ1) is 12.5. The van der Waals surface area contributed by atoms with E-state index in [0.29, 0.717) is 37.6 Å². The van der Waals surface area contributed by atoms with Gasteiger partial charge < -0.3 is 15.1 Å². The lowest BCUT2D eigenvalue weighted by atomic mass is 10.1. The van der Waals surface area contributed by atoms with Crippen molar-refractivity contribution < 1.29 is 9.59 Å². The van der Waals surface area contributed by atoms with Crippen molar-refractivity contribution in [1.29, 1.82) is 0 Å². The molecule has 0 saturated carbocycles. The highest BCUT2D eigenvalue weighted by molar-refractivity contribution is 5.95. The number of hydrogen-bond donors (Lipinski definition) is 1. The molecule has 1 fully saturated rings. The number of aromatic nitrogens is 1. The fourth-order valence-corrected chi connectivity index (χ4v) is 3.10. The lowest BCUT2D eigenvalue weighted by molar-refractivity contribution is -0.130. The van der Waals surface area contributed by atoms with E-state index in [1.807, 2.05) is 18.2 Å². The van der Waals surface area contributed by atoms with Gasteiger partial charge in [-0.25, -0.2) is 4.98 Å². The molecule has 0 aliphatic carbocycles. The van der Waals surface area contributed by atoms with Crippen LogP contribution in [0, 0.1) is 0 Å². The summed E-state index contributed by atoms with van der Waals surface area (Å²) in [6.07, 6.45) is 1.65. The van der Waals surface area contributed by atoms with Gasteiger partial charge in [-0.15, -0.1) is 0 Å². The van der Waals surface area contributed by atoms with Crippen LogP contribution in [0.4, 0.5) is 5.82 Å². The summed E-state index contributed by atoms with van der Waals surface area (Å²) >= 11 is 0. The van der Waals surface area contributed by atoms with Crippen molar-refractivity contribution in [3.05, 3.63) is 59.8 Å². The predicted molar refractivity (Wildman–Crippen MR) is 101 cm³/mol. The molecule has 136 valence electrons. The molecular formula is C20H24N4O2. The molecule has 6 nitrogen and oxygen atoms in total. The van der Waals surface area contributed by atoms with Crippen molar-refractivity contribution in [2.24, 2.45) is 0 Å². The first-order valence-electron chi connectivity index (χ1n) is 8.87. The molecule has 1 N–H and O–H groups in total. The quantitative estimate of drug-likeness (QED) is 0.918. The standard InChI is InChI=1S/C20H24N4O2/c1-15(17-6-4-3-5-7-17)22-19-14-18(8-9-21-19)20(26)24-12-10-23(11-13-24)16(2)25/h3-9,14-15H,10-13H2,1-2H3,(H,21,22). The van der Waals surface area contributed by atoms with Gasteiger partial charge in [0, 0.05) is 50.9 Å². The van der Waals surface area contributed by atoms with Crippen LogP contribution in [0.1, 0.15) is 35.8 Å². The van der Waals surface area contributed by atoms with E-state index in [4.69, 9.17) is 0 Å². The molecule has 0 radical (unpaired) electrons. The van der Waals surface area contributed by atoms with Crippen molar-refractivity contribution in [2.75, 3.05) is 31.5 Å². The number of piperazine rings is 1. The summed E-state index contributed by atoms with van der Waals surface area (Å²) in [4.78, 5) is 32.1. The molecule has 3 rings (SSSR count). The molecule has 1 aromatic heterocycles. The second-order valence-corrected chi connectivity index (χ2v) is 6.50. The topological polar surface area (TPSA) is 65.5 Å². The molecule has 2 heterocycles. The largest absolute Gasteiger partial charge is 0.364 e. The zero-order chi connectivity index (χ0) is 18.5. The van der Waals surface area contributed by atoms with Gasteiger partial charge in [-0.3, -0.25) is 9.59 Å². The van der Waals surface area contributed by atoms with E-state index in [1.165, 1.54) is 0 Å². The highest BCUT2D eigenvalue weighted by atomic mass is 16.2. The van der Waals surface area contributed by atoms with Crippen LogP contribution in [-0.2, 0) is 4.79 Å². The van der Waals surface area contributed by atoms with Gasteiger partial charge in [-0.05, 0) is 24.6 Å². The van der Waals surface area contributed by atoms with Crippen molar-refractivity contribution in [2.45, 2.75) is 19.9 Å². The van der Waals surface area contributed by atoms with Gasteiger partial charge in [0.25, 0.3) is 5.91 Å². The Labute approximate surface area is 153 Å². The summed E-state index contributed by atoms with van der Waals surface area (Å²) in [6, 6.07) is 13.7. The number of nitrogens with one attached hydrogen (secondary N) is 1. The zero-order valence-corrected chi connectivity index (χ0v) is 15.2. The van der Waals surface area contributed by atoms with Crippen LogP contribution in [0.5, 0.6) is 0 Å². The molecule has 0 spiro atoms. The number of benzene rings is 1. The SMILES string of the molecule is CC(=O)N1CCN(C(=O)c2ccnc(NC(C)c3ccccc3)c2)CC1. The Bertz CT molecular complexity index is 770. The summed E-state index contributed by atoms with van der Waals surface area (Å²) in [6.45, 7) is 5.91. The maximum absolute atomic E-state index is 12.8. The van der Waals surface area contributed by atoms with Gasteiger partial charge in [0.05, 0.1) is 0 Å². The summed E-state index contributed by atoms with van der Waals surface area (Å²) < 4.78 is 0. The second-order valence-electron chi connectivity index (χ2n) is 6.50. The molecule has 1 aliphatic heterocycles. The average Bonchev–Trinajstić information content (AvgIpc) is 2.68. The molecule has 1 unspecified atom stereocenters. The van der Waals surface area contributed by atoms with Gasteiger partial charge in [0.1, 0.15) is 5.82 Å². The minimum absolute atomic E-state index is 0.0222. The van der Waals surface area contributed by atoms with Gasteiger partial charge in [0.15, 0.2) is 0 Å². The number of rotatable bonds is 4. The smallest absolute Gasteiger partial charge is 0.254 e. The van der Waals surface area contributed by atoms with E-state index in [0.717, 1.165) is 5.56 Å². The Morgan fingerprint density at radius 2 is 1.69 bits per heavy atom. The van der Waals surface area contributed by atoms with Crippen LogP contribution in [-0.4, -0.2) is 52.8 Å². The third-order valence-electron chi connectivity index (χ3n) is 4.68. The molecule has 1 aromatic carbocycles. The summed E-state index contributed by atoms with van der Waals surface area (Å²) in [5, 5.41) is 3.34. The lowest BCUT2D eigenvalue weighted by Crippen LogP contribution is -2.50. The van der Waals surface area contributed by atoms with Gasteiger partial charge >= 0.3 is 0 Å². The van der Waals surface area contributed by atoms with Crippen molar-refractivity contribution in [1.82, 2.24) is 14.8 Å². The summed E-state index contributed by atoms with van der Waals surface area (Å²) in [7, 11) is 0. The maximum Gasteiger partial charge on any atom is 0.254 e. The number of carbonyl (C=O) groups excluding carboxylic acids is 2. The Kier molecular flexibility index (Phi) is 5.51. The van der Waals surface area contributed by atoms with Crippen LogP contribution >= 0.6 is 0 Å². The molecule has 6 heteroatoms. The molecule has 2 aromatic rings. The van der Waals surface area contributed by atoms with E-state index in [1.54, 1.807) is 35.1 Å². The Morgan fingerprint density at radius 1 is 1.04 bits per heavy atom. The van der Waals surface area contributed by atoms with E-state index in [2.05, 4.69) is 29.4 Å². The number of amides is 2. The Hall–Kier alpha value is -2.89. The fraction of sp³-hybridized carbons (Fsp3) is 0.350. The number of pyridine rings is 1. The first kappa shape index (κ1) is 17.9. The number of nitrogens with zero attached hydrogens (tertiary/aromatic N) is 3. The van der Waals surface area contributed by atoms with Crippen LogP contribution in [0.3, 0.4) is 0 Å². The molecule has 26 heavy (non-hydrogen) atoms. The van der Waals surface area contributed by atoms with Crippen molar-refractivity contribution >= 4 is 17.6 Å². The lowest BCUT2D eigenvalue weighted by Gasteiger charge is -2.34. The average molecular weight is 352 g/mol. The van der Waals surface area contributed by atoms with E-state index in [-0.39, 0.29) is 17.9 Å². The summed E-state index contributed by atoms with van der Waals surface area (Å²) in [5.41, 5.74) is 1.77. The predicted octanol–water partition coefficient (Wildman–Crippen LogP) is 2.56. The molecule has 1 atom stereocenters. The Balaban J connectivity index is 1.65. The van der Waals surface area contributed by atoms with E-state index < -0.39 is 0 Å². The van der Waals surface area contributed by atoms with E-state index in [9.17, 15) is 9.59 Å². The monoisotopic (exact) mass is 352 g/mol. The van der Waals surface area contributed by atoms with Crippen molar-refractivity contribution in [3.63, 3.8) is 0 Å². The minimum atomic E-state index is -0.0222. The van der Waals surface area contributed by atoms with Crippen molar-refractivity contribution in [3.8, 4) is 0 Å². The minimum Gasteiger partial charge on any atom is -0.364 e. The number of anilines is 1. The number of carbonyl (C=O) groups is 2. The van der Waals surface area contributed by atoms with Crippen LogP contribution < -0.4 is 5.32 Å². The molecule has 1 aliphatic rings. The third kappa shape index (κ3) is 4.20. The zero-order valence-electron chi connectivity index (χ0n) is 15.2. The first-order valence-corrected chi connectivity index (χ1v) is 8.87. The molecule has 0 bridgehead atoms. The highest BCUT2D eigenvalue weighted by Crippen LogP contribution is 2.19. The maximum atomic E-state index is 12.8. The van der Waals surface area contributed by atoms with Crippen LogP contribution in [0.2, 0.25) is 0 Å². The van der Waals surface area contributed by atoms with Gasteiger partial charge in [-0.1, -0.05) is 30.3 Å². The van der Waals surface area contributed by atoms with E-state index >= 15 is 0 Å². The number of hydrogen-bond acceptors (Lipinski definition) is 4. The normalized spacial score (nSPS) is 15.5. The van der Waals surface area contributed by atoms with Crippen LogP contribution in [0.15, 0.2) is 48.7 Å². The summed E-state index contributed by atoms with van der Waals surface area (Å²) in [5.74, 6) is 0.711.